The van der Waals surface area contributed by atoms with Crippen molar-refractivity contribution in [2.24, 2.45) is 0 Å². The van der Waals surface area contributed by atoms with E-state index >= 15 is 0 Å². The highest BCUT2D eigenvalue weighted by molar-refractivity contribution is 6.31. The van der Waals surface area contributed by atoms with E-state index in [0.29, 0.717) is 16.3 Å². The second kappa shape index (κ2) is 6.49. The smallest absolute Gasteiger partial charge is 0.247 e. The zero-order valence-electron chi connectivity index (χ0n) is 13.4. The number of aldehydes is 1. The van der Waals surface area contributed by atoms with Crippen molar-refractivity contribution in [2.75, 3.05) is 5.32 Å². The molecule has 0 bridgehead atoms. The number of amides is 1. The third kappa shape index (κ3) is 2.81. The molecule has 0 fully saturated rings. The van der Waals surface area contributed by atoms with Crippen LogP contribution in [0.5, 0.6) is 0 Å². The Kier molecular flexibility index (Phi) is 4.40. The number of nitrogens with zero attached hydrogens (tertiary/aromatic N) is 1. The molecule has 0 aliphatic carbocycles. The monoisotopic (exact) mass is 340 g/mol. The lowest BCUT2D eigenvalue weighted by Crippen LogP contribution is -2.23. The van der Waals surface area contributed by atoms with Crippen LogP contribution in [-0.2, 0) is 4.79 Å². The van der Waals surface area contributed by atoms with Crippen LogP contribution in [0.3, 0.4) is 0 Å². The Bertz CT molecular complexity index is 930. The first kappa shape index (κ1) is 16.3. The maximum absolute atomic E-state index is 12.7. The number of carbonyl (C=O) groups excluding carboxylic acids is 2. The Balaban J connectivity index is 1.94. The Morgan fingerprint density at radius 2 is 1.96 bits per heavy atom. The van der Waals surface area contributed by atoms with E-state index in [0.717, 1.165) is 22.8 Å². The van der Waals surface area contributed by atoms with Gasteiger partial charge in [0.15, 0.2) is 6.29 Å². The number of halogens is 1. The van der Waals surface area contributed by atoms with E-state index in [9.17, 15) is 9.59 Å². The Labute approximate surface area is 145 Å². The number of benzene rings is 2. The molecule has 1 aromatic heterocycles. The van der Waals surface area contributed by atoms with Crippen LogP contribution in [0, 0.1) is 6.92 Å². The van der Waals surface area contributed by atoms with Gasteiger partial charge in [0.1, 0.15) is 6.04 Å². The number of fused-ring (bicyclic) bond motifs is 1. The summed E-state index contributed by atoms with van der Waals surface area (Å²) in [5, 5.41) is 4.35. The maximum atomic E-state index is 12.7. The van der Waals surface area contributed by atoms with Crippen molar-refractivity contribution in [3.05, 3.63) is 64.8 Å². The quantitative estimate of drug-likeness (QED) is 0.705. The van der Waals surface area contributed by atoms with Crippen molar-refractivity contribution in [1.29, 1.82) is 0 Å². The number of hydrogen-bond acceptors (Lipinski definition) is 2. The van der Waals surface area contributed by atoms with Gasteiger partial charge in [0.25, 0.3) is 0 Å². The predicted octanol–water partition coefficient (Wildman–Crippen LogP) is 4.62. The third-order valence-electron chi connectivity index (χ3n) is 4.22. The number of para-hydroxylation sites is 1. The van der Waals surface area contributed by atoms with Gasteiger partial charge in [-0.15, -0.1) is 0 Å². The standard InChI is InChI=1S/C19H17ClN2O2/c1-12-16(20)7-5-8-17(12)21-19(24)13(2)22-10-14(11-23)15-6-3-4-9-18(15)22/h3-11,13H,1-2H3,(H,21,24). The zero-order valence-corrected chi connectivity index (χ0v) is 14.2. The molecule has 1 atom stereocenters. The normalized spacial score (nSPS) is 12.1. The summed E-state index contributed by atoms with van der Waals surface area (Å²) in [4.78, 5) is 23.9. The first-order valence-corrected chi connectivity index (χ1v) is 8.01. The molecule has 0 saturated heterocycles. The van der Waals surface area contributed by atoms with Crippen molar-refractivity contribution in [2.45, 2.75) is 19.9 Å². The number of anilines is 1. The van der Waals surface area contributed by atoms with E-state index in [1.54, 1.807) is 25.3 Å². The van der Waals surface area contributed by atoms with Crippen LogP contribution in [0.1, 0.15) is 28.9 Å². The average molecular weight is 341 g/mol. The summed E-state index contributed by atoms with van der Waals surface area (Å²) < 4.78 is 1.81. The number of hydrogen-bond donors (Lipinski definition) is 1. The van der Waals surface area contributed by atoms with Crippen molar-refractivity contribution in [3.8, 4) is 0 Å². The van der Waals surface area contributed by atoms with Crippen LogP contribution in [0.4, 0.5) is 5.69 Å². The predicted molar refractivity (Wildman–Crippen MR) is 96.9 cm³/mol. The molecular formula is C19H17ClN2O2. The van der Waals surface area contributed by atoms with Gasteiger partial charge in [0.05, 0.1) is 0 Å². The van der Waals surface area contributed by atoms with Crippen molar-refractivity contribution in [3.63, 3.8) is 0 Å². The second-order valence-electron chi connectivity index (χ2n) is 5.70. The lowest BCUT2D eigenvalue weighted by atomic mass is 10.2. The second-order valence-corrected chi connectivity index (χ2v) is 6.11. The van der Waals surface area contributed by atoms with Gasteiger partial charge in [-0.05, 0) is 37.6 Å². The molecule has 24 heavy (non-hydrogen) atoms. The van der Waals surface area contributed by atoms with Crippen LogP contribution < -0.4 is 5.32 Å². The fourth-order valence-corrected chi connectivity index (χ4v) is 2.93. The minimum atomic E-state index is -0.470. The SMILES string of the molecule is Cc1c(Cl)cccc1NC(=O)C(C)n1cc(C=O)c2ccccc21. The molecule has 0 spiro atoms. The van der Waals surface area contributed by atoms with Crippen LogP contribution >= 0.6 is 11.6 Å². The van der Waals surface area contributed by atoms with Gasteiger partial charge in [-0.25, -0.2) is 0 Å². The molecular weight excluding hydrogens is 324 g/mol. The summed E-state index contributed by atoms with van der Waals surface area (Å²) in [5.41, 5.74) is 2.94. The molecule has 3 rings (SSSR count). The first-order valence-electron chi connectivity index (χ1n) is 7.63. The molecule has 1 N–H and O–H groups in total. The summed E-state index contributed by atoms with van der Waals surface area (Å²) in [7, 11) is 0. The molecule has 0 radical (unpaired) electrons. The molecule has 0 aliphatic rings. The van der Waals surface area contributed by atoms with Crippen LogP contribution in [0.2, 0.25) is 5.02 Å². The molecule has 0 aliphatic heterocycles. The van der Waals surface area contributed by atoms with Gasteiger partial charge in [-0.1, -0.05) is 35.9 Å². The Morgan fingerprint density at radius 3 is 2.71 bits per heavy atom. The molecule has 0 saturated carbocycles. The highest BCUT2D eigenvalue weighted by Crippen LogP contribution is 2.26. The van der Waals surface area contributed by atoms with E-state index in [1.165, 1.54) is 0 Å². The molecule has 122 valence electrons. The summed E-state index contributed by atoms with van der Waals surface area (Å²) in [5.74, 6) is -0.168. The fourth-order valence-electron chi connectivity index (χ4n) is 2.75. The third-order valence-corrected chi connectivity index (χ3v) is 4.63. The largest absolute Gasteiger partial charge is 0.335 e. The van der Waals surface area contributed by atoms with Crippen molar-refractivity contribution < 1.29 is 9.59 Å². The highest BCUT2D eigenvalue weighted by atomic mass is 35.5. The first-order chi connectivity index (χ1) is 11.5. The van der Waals surface area contributed by atoms with Gasteiger partial charge in [-0.2, -0.15) is 0 Å². The van der Waals surface area contributed by atoms with E-state index < -0.39 is 6.04 Å². The van der Waals surface area contributed by atoms with Gasteiger partial charge in [0.2, 0.25) is 5.91 Å². The van der Waals surface area contributed by atoms with E-state index in [4.69, 9.17) is 11.6 Å². The Morgan fingerprint density at radius 1 is 1.21 bits per heavy atom. The fraction of sp³-hybridized carbons (Fsp3) is 0.158. The highest BCUT2D eigenvalue weighted by Gasteiger charge is 2.19. The van der Waals surface area contributed by atoms with E-state index in [-0.39, 0.29) is 5.91 Å². The molecule has 3 aromatic rings. The summed E-state index contributed by atoms with van der Waals surface area (Å²) >= 11 is 6.10. The summed E-state index contributed by atoms with van der Waals surface area (Å²) in [6, 6.07) is 12.5. The van der Waals surface area contributed by atoms with Crippen LogP contribution in [-0.4, -0.2) is 16.8 Å². The van der Waals surface area contributed by atoms with Gasteiger partial charge in [0, 0.05) is 33.4 Å². The minimum absolute atomic E-state index is 0.168. The lowest BCUT2D eigenvalue weighted by Gasteiger charge is -2.16. The maximum Gasteiger partial charge on any atom is 0.247 e. The van der Waals surface area contributed by atoms with Crippen molar-refractivity contribution >= 4 is 40.4 Å². The minimum Gasteiger partial charge on any atom is -0.335 e. The number of carbonyl (C=O) groups is 2. The zero-order chi connectivity index (χ0) is 17.3. The molecule has 5 heteroatoms. The number of aromatic nitrogens is 1. The van der Waals surface area contributed by atoms with Crippen molar-refractivity contribution in [1.82, 2.24) is 4.57 Å². The Hall–Kier alpha value is -2.59. The van der Waals surface area contributed by atoms with Gasteiger partial charge < -0.3 is 9.88 Å². The van der Waals surface area contributed by atoms with Crippen LogP contribution in [0.15, 0.2) is 48.7 Å². The summed E-state index contributed by atoms with van der Waals surface area (Å²) in [6.45, 7) is 3.66. The number of nitrogens with one attached hydrogen (secondary N) is 1. The lowest BCUT2D eigenvalue weighted by molar-refractivity contribution is -0.118. The molecule has 2 aromatic carbocycles. The molecule has 4 nitrogen and oxygen atoms in total. The van der Waals surface area contributed by atoms with Crippen LogP contribution in [0.25, 0.3) is 10.9 Å². The van der Waals surface area contributed by atoms with E-state index in [2.05, 4.69) is 5.32 Å². The topological polar surface area (TPSA) is 51.1 Å². The van der Waals surface area contributed by atoms with Gasteiger partial charge >= 0.3 is 0 Å². The summed E-state index contributed by atoms with van der Waals surface area (Å²) in [6.07, 6.45) is 2.53. The number of rotatable bonds is 4. The average Bonchev–Trinajstić information content (AvgIpc) is 2.97. The molecule has 1 heterocycles. The van der Waals surface area contributed by atoms with E-state index in [1.807, 2.05) is 41.8 Å². The molecule has 1 amide bonds. The van der Waals surface area contributed by atoms with Gasteiger partial charge in [-0.3, -0.25) is 9.59 Å². The molecule has 1 unspecified atom stereocenters.